The van der Waals surface area contributed by atoms with Gasteiger partial charge in [-0.05, 0) is 30.7 Å². The number of amides is 1. The molecule has 1 aliphatic rings. The number of aryl methyl sites for hydroxylation is 1. The molecule has 0 bridgehead atoms. The van der Waals surface area contributed by atoms with E-state index in [0.29, 0.717) is 12.1 Å². The Kier molecular flexibility index (Phi) is 8.03. The maximum absolute atomic E-state index is 12.4. The van der Waals surface area contributed by atoms with E-state index >= 15 is 0 Å². The Balaban J connectivity index is 1.48. The number of hydrogen-bond donors (Lipinski definition) is 1. The van der Waals surface area contributed by atoms with Crippen molar-refractivity contribution in [2.75, 3.05) is 38.1 Å². The summed E-state index contributed by atoms with van der Waals surface area (Å²) in [6.45, 7) is 6.70. The fourth-order valence-electron chi connectivity index (χ4n) is 3.82. The lowest BCUT2D eigenvalue weighted by molar-refractivity contribution is -0.121. The van der Waals surface area contributed by atoms with Crippen molar-refractivity contribution < 1.29 is 9.59 Å². The first kappa shape index (κ1) is 22.0. The molecule has 1 saturated heterocycles. The third-order valence-electron chi connectivity index (χ3n) is 5.71. The van der Waals surface area contributed by atoms with Crippen LogP contribution < -0.4 is 10.2 Å². The molecular weight excluding hydrogens is 374 g/mol. The van der Waals surface area contributed by atoms with E-state index in [1.807, 2.05) is 36.4 Å². The number of benzene rings is 2. The molecule has 1 amide bonds. The van der Waals surface area contributed by atoms with Crippen molar-refractivity contribution in [2.24, 2.45) is 0 Å². The van der Waals surface area contributed by atoms with Crippen molar-refractivity contribution in [2.45, 2.75) is 39.2 Å². The third kappa shape index (κ3) is 6.17. The molecule has 0 aliphatic carbocycles. The van der Waals surface area contributed by atoms with E-state index in [1.54, 1.807) is 0 Å². The number of hydrogen-bond acceptors (Lipinski definition) is 4. The predicted octanol–water partition coefficient (Wildman–Crippen LogP) is 3.67. The minimum atomic E-state index is -0.0841. The van der Waals surface area contributed by atoms with Gasteiger partial charge in [-0.2, -0.15) is 0 Å². The van der Waals surface area contributed by atoms with Gasteiger partial charge in [0.2, 0.25) is 5.91 Å². The van der Waals surface area contributed by atoms with E-state index < -0.39 is 0 Å². The quantitative estimate of drug-likeness (QED) is 0.645. The molecule has 0 radical (unpaired) electrons. The van der Waals surface area contributed by atoms with Crippen molar-refractivity contribution >= 4 is 17.4 Å². The Hall–Kier alpha value is -2.66. The number of Topliss-reactive ketones (excluding diaryl/α,β-unsaturated/α-hetero) is 1. The molecule has 0 saturated carbocycles. The lowest BCUT2D eigenvalue weighted by Crippen LogP contribution is -2.45. The molecule has 2 aromatic rings. The summed E-state index contributed by atoms with van der Waals surface area (Å²) in [6.07, 6.45) is 2.56. The van der Waals surface area contributed by atoms with Gasteiger partial charge in [0.15, 0.2) is 5.78 Å². The van der Waals surface area contributed by atoms with Gasteiger partial charge in [0.1, 0.15) is 0 Å². The van der Waals surface area contributed by atoms with E-state index in [2.05, 4.69) is 41.2 Å². The van der Waals surface area contributed by atoms with Crippen molar-refractivity contribution in [1.29, 1.82) is 0 Å². The summed E-state index contributed by atoms with van der Waals surface area (Å²) in [5.41, 5.74) is 4.23. The lowest BCUT2D eigenvalue weighted by atomic mass is 10.0. The minimum Gasteiger partial charge on any atom is -0.369 e. The van der Waals surface area contributed by atoms with E-state index in [4.69, 9.17) is 0 Å². The fourth-order valence-corrected chi connectivity index (χ4v) is 3.82. The van der Waals surface area contributed by atoms with Gasteiger partial charge in [-0.3, -0.25) is 9.59 Å². The molecule has 2 aromatic carbocycles. The van der Waals surface area contributed by atoms with Crippen LogP contribution in [0, 0.1) is 0 Å². The summed E-state index contributed by atoms with van der Waals surface area (Å²) in [4.78, 5) is 29.4. The first-order valence-corrected chi connectivity index (χ1v) is 11.0. The molecule has 0 aromatic heterocycles. The Morgan fingerprint density at radius 3 is 2.33 bits per heavy atom. The van der Waals surface area contributed by atoms with Gasteiger partial charge in [0.25, 0.3) is 0 Å². The molecule has 5 nitrogen and oxygen atoms in total. The van der Waals surface area contributed by atoms with Crippen molar-refractivity contribution in [3.63, 3.8) is 0 Å². The van der Waals surface area contributed by atoms with Crippen LogP contribution in [-0.4, -0.2) is 49.8 Å². The lowest BCUT2D eigenvalue weighted by Gasteiger charge is -2.35. The van der Waals surface area contributed by atoms with Gasteiger partial charge in [-0.25, -0.2) is 0 Å². The highest BCUT2D eigenvalue weighted by Crippen LogP contribution is 2.21. The van der Waals surface area contributed by atoms with E-state index in [0.717, 1.165) is 44.6 Å². The van der Waals surface area contributed by atoms with Gasteiger partial charge in [-0.1, -0.05) is 55.8 Å². The van der Waals surface area contributed by atoms with Gasteiger partial charge in [0, 0.05) is 56.8 Å². The SMILES string of the molecule is CCCc1ccc(C(=O)CCC(=O)NCc2ccccc2N2CCN(C)CC2)cc1. The van der Waals surface area contributed by atoms with Crippen LogP contribution in [0.4, 0.5) is 5.69 Å². The molecule has 5 heteroatoms. The van der Waals surface area contributed by atoms with Crippen LogP contribution >= 0.6 is 0 Å². The Morgan fingerprint density at radius 2 is 1.63 bits per heavy atom. The van der Waals surface area contributed by atoms with Crippen molar-refractivity contribution in [1.82, 2.24) is 10.2 Å². The molecule has 0 spiro atoms. The minimum absolute atomic E-state index is 0.0195. The fraction of sp³-hybridized carbons (Fsp3) is 0.440. The monoisotopic (exact) mass is 407 g/mol. The Labute approximate surface area is 180 Å². The van der Waals surface area contributed by atoms with Crippen LogP contribution in [0.1, 0.15) is 47.7 Å². The number of carbonyl (C=O) groups excluding carboxylic acids is 2. The van der Waals surface area contributed by atoms with Gasteiger partial charge < -0.3 is 15.1 Å². The van der Waals surface area contributed by atoms with Crippen LogP contribution in [0.15, 0.2) is 48.5 Å². The average Bonchev–Trinajstić information content (AvgIpc) is 2.77. The Morgan fingerprint density at radius 1 is 0.933 bits per heavy atom. The number of piperazine rings is 1. The summed E-state index contributed by atoms with van der Waals surface area (Å²) < 4.78 is 0. The van der Waals surface area contributed by atoms with Gasteiger partial charge >= 0.3 is 0 Å². The number of nitrogens with zero attached hydrogens (tertiary/aromatic N) is 2. The molecule has 1 heterocycles. The number of likely N-dealkylation sites (N-methyl/N-ethyl adjacent to an activating group) is 1. The normalized spacial score (nSPS) is 14.5. The van der Waals surface area contributed by atoms with E-state index in [1.165, 1.54) is 11.3 Å². The maximum atomic E-state index is 12.4. The second kappa shape index (κ2) is 10.9. The first-order valence-electron chi connectivity index (χ1n) is 11.0. The summed E-state index contributed by atoms with van der Waals surface area (Å²) in [6, 6.07) is 16.0. The molecule has 1 N–H and O–H groups in total. The number of ketones is 1. The molecule has 0 atom stereocenters. The summed E-state index contributed by atoms with van der Waals surface area (Å²) in [7, 11) is 2.14. The number of carbonyl (C=O) groups is 2. The Bertz CT molecular complexity index is 840. The van der Waals surface area contributed by atoms with Crippen LogP contribution in [0.2, 0.25) is 0 Å². The van der Waals surface area contributed by atoms with Crippen LogP contribution in [0.25, 0.3) is 0 Å². The van der Waals surface area contributed by atoms with Crippen LogP contribution in [0.3, 0.4) is 0 Å². The average molecular weight is 408 g/mol. The number of nitrogens with one attached hydrogen (secondary N) is 1. The van der Waals surface area contributed by atoms with Crippen molar-refractivity contribution in [3.8, 4) is 0 Å². The van der Waals surface area contributed by atoms with Crippen LogP contribution in [-0.2, 0) is 17.8 Å². The second-order valence-corrected chi connectivity index (χ2v) is 8.07. The molecule has 1 fully saturated rings. The molecule has 0 unspecified atom stereocenters. The predicted molar refractivity (Wildman–Crippen MR) is 122 cm³/mol. The van der Waals surface area contributed by atoms with E-state index in [9.17, 15) is 9.59 Å². The highest BCUT2D eigenvalue weighted by Gasteiger charge is 2.17. The summed E-state index contributed by atoms with van der Waals surface area (Å²) >= 11 is 0. The molecule has 1 aliphatic heterocycles. The van der Waals surface area contributed by atoms with Gasteiger partial charge in [0.05, 0.1) is 0 Å². The largest absolute Gasteiger partial charge is 0.369 e. The molecule has 160 valence electrons. The molecule has 3 rings (SSSR count). The zero-order chi connectivity index (χ0) is 21.3. The zero-order valence-electron chi connectivity index (χ0n) is 18.2. The highest BCUT2D eigenvalue weighted by atomic mass is 16.2. The smallest absolute Gasteiger partial charge is 0.220 e. The number of rotatable bonds is 9. The van der Waals surface area contributed by atoms with Crippen LogP contribution in [0.5, 0.6) is 0 Å². The zero-order valence-corrected chi connectivity index (χ0v) is 18.2. The topological polar surface area (TPSA) is 52.7 Å². The number of para-hydroxylation sites is 1. The summed E-state index contributed by atoms with van der Waals surface area (Å²) in [5, 5.41) is 2.99. The molecular formula is C25H33N3O2. The van der Waals surface area contributed by atoms with Gasteiger partial charge in [-0.15, -0.1) is 0 Å². The standard InChI is InChI=1S/C25H33N3O2/c1-3-6-20-9-11-21(12-10-20)24(29)13-14-25(30)26-19-22-7-4-5-8-23(22)28-17-15-27(2)16-18-28/h4-5,7-12H,3,6,13-19H2,1-2H3,(H,26,30). The molecule has 30 heavy (non-hydrogen) atoms. The summed E-state index contributed by atoms with van der Waals surface area (Å²) in [5.74, 6) is -0.0647. The highest BCUT2D eigenvalue weighted by molar-refractivity contribution is 5.98. The first-order chi connectivity index (χ1) is 14.6. The second-order valence-electron chi connectivity index (χ2n) is 8.07. The number of anilines is 1. The van der Waals surface area contributed by atoms with E-state index in [-0.39, 0.29) is 24.5 Å². The van der Waals surface area contributed by atoms with Crippen molar-refractivity contribution in [3.05, 3.63) is 65.2 Å². The third-order valence-corrected chi connectivity index (χ3v) is 5.71. The maximum Gasteiger partial charge on any atom is 0.220 e.